The minimum absolute atomic E-state index is 0.123. The lowest BCUT2D eigenvalue weighted by molar-refractivity contribution is -0.218. The van der Waals surface area contributed by atoms with E-state index in [1.54, 1.807) is 4.90 Å². The van der Waals surface area contributed by atoms with Gasteiger partial charge in [-0.3, -0.25) is 4.79 Å². The number of benzene rings is 2. The first kappa shape index (κ1) is 21.8. The van der Waals surface area contributed by atoms with Crippen LogP contribution in [0.2, 0.25) is 0 Å². The third kappa shape index (κ3) is 6.59. The van der Waals surface area contributed by atoms with Crippen LogP contribution in [0.25, 0.3) is 0 Å². The van der Waals surface area contributed by atoms with Crippen LogP contribution in [0.4, 0.5) is 4.79 Å². The van der Waals surface area contributed by atoms with Crippen molar-refractivity contribution in [1.29, 1.82) is 0 Å². The van der Waals surface area contributed by atoms with Crippen LogP contribution in [-0.2, 0) is 32.2 Å². The molecule has 0 aliphatic carbocycles. The summed E-state index contributed by atoms with van der Waals surface area (Å²) in [6.07, 6.45) is 0.449. The summed E-state index contributed by atoms with van der Waals surface area (Å²) in [5.74, 6) is -0.242. The number of ether oxygens (including phenoxy) is 3. The average molecular weight is 411 g/mol. The van der Waals surface area contributed by atoms with Gasteiger partial charge in [-0.1, -0.05) is 67.6 Å². The van der Waals surface area contributed by atoms with Gasteiger partial charge in [0.05, 0.1) is 12.6 Å². The molecule has 0 N–H and O–H groups in total. The minimum atomic E-state index is -0.583. The number of nitrogens with zero attached hydrogens (tertiary/aromatic N) is 1. The van der Waals surface area contributed by atoms with Crippen LogP contribution in [0.1, 0.15) is 37.8 Å². The summed E-state index contributed by atoms with van der Waals surface area (Å²) in [5, 5.41) is 0. The zero-order chi connectivity index (χ0) is 21.3. The predicted molar refractivity (Wildman–Crippen MR) is 112 cm³/mol. The van der Waals surface area contributed by atoms with Crippen LogP contribution in [0.3, 0.4) is 0 Å². The normalized spacial score (nSPS) is 20.9. The van der Waals surface area contributed by atoms with Crippen LogP contribution < -0.4 is 0 Å². The van der Waals surface area contributed by atoms with Crippen molar-refractivity contribution < 1.29 is 23.8 Å². The highest BCUT2D eigenvalue weighted by Crippen LogP contribution is 2.27. The van der Waals surface area contributed by atoms with Crippen molar-refractivity contribution in [1.82, 2.24) is 4.90 Å². The van der Waals surface area contributed by atoms with E-state index in [1.165, 1.54) is 6.92 Å². The second-order valence-corrected chi connectivity index (χ2v) is 7.70. The Morgan fingerprint density at radius 2 is 1.63 bits per heavy atom. The Hall–Kier alpha value is -2.86. The molecule has 30 heavy (non-hydrogen) atoms. The molecule has 3 rings (SSSR count). The molecule has 1 fully saturated rings. The van der Waals surface area contributed by atoms with Crippen LogP contribution in [0.5, 0.6) is 0 Å². The second kappa shape index (κ2) is 10.8. The predicted octanol–water partition coefficient (Wildman–Crippen LogP) is 4.53. The number of esters is 1. The molecule has 1 aliphatic rings. The molecule has 3 atom stereocenters. The van der Waals surface area contributed by atoms with Gasteiger partial charge in [0.1, 0.15) is 6.61 Å². The van der Waals surface area contributed by atoms with Crippen molar-refractivity contribution in [3.05, 3.63) is 71.8 Å². The highest BCUT2D eigenvalue weighted by atomic mass is 16.7. The van der Waals surface area contributed by atoms with Crippen molar-refractivity contribution in [3.8, 4) is 0 Å². The fourth-order valence-corrected chi connectivity index (χ4v) is 3.48. The van der Waals surface area contributed by atoms with Crippen molar-refractivity contribution in [3.63, 3.8) is 0 Å². The molecule has 0 radical (unpaired) electrons. The van der Waals surface area contributed by atoms with E-state index in [0.717, 1.165) is 24.0 Å². The van der Waals surface area contributed by atoms with E-state index < -0.39 is 12.4 Å². The molecule has 1 amide bonds. The molecular formula is C24H29NO5. The lowest BCUT2D eigenvalue weighted by Gasteiger charge is -2.36. The average Bonchev–Trinajstić information content (AvgIpc) is 2.75. The molecular weight excluding hydrogens is 382 g/mol. The third-order valence-corrected chi connectivity index (χ3v) is 5.12. The molecule has 2 aromatic carbocycles. The zero-order valence-corrected chi connectivity index (χ0v) is 17.5. The highest BCUT2D eigenvalue weighted by molar-refractivity contribution is 5.67. The van der Waals surface area contributed by atoms with Crippen LogP contribution >= 0.6 is 0 Å². The standard InChI is InChI=1S/C24H29NO5/c1-18-13-14-22(30-23(18)29-19(2)26)16-25(15-20-9-5-3-6-10-20)24(27)28-17-21-11-7-4-8-12-21/h3-12,18,22-23H,13-17H2,1-2H3. The summed E-state index contributed by atoms with van der Waals surface area (Å²) in [6.45, 7) is 4.38. The van der Waals surface area contributed by atoms with E-state index in [2.05, 4.69) is 0 Å². The monoisotopic (exact) mass is 411 g/mol. The Balaban J connectivity index is 1.65. The summed E-state index contributed by atoms with van der Waals surface area (Å²) in [4.78, 5) is 25.9. The van der Waals surface area contributed by atoms with Gasteiger partial charge in [-0.2, -0.15) is 0 Å². The topological polar surface area (TPSA) is 65.1 Å². The van der Waals surface area contributed by atoms with Crippen molar-refractivity contribution in [2.45, 2.75) is 52.2 Å². The van der Waals surface area contributed by atoms with Gasteiger partial charge in [0, 0.05) is 19.4 Å². The number of hydrogen-bond donors (Lipinski definition) is 0. The van der Waals surface area contributed by atoms with E-state index >= 15 is 0 Å². The van der Waals surface area contributed by atoms with Crippen molar-refractivity contribution in [2.24, 2.45) is 5.92 Å². The molecule has 0 saturated carbocycles. The molecule has 0 bridgehead atoms. The smallest absolute Gasteiger partial charge is 0.410 e. The second-order valence-electron chi connectivity index (χ2n) is 7.70. The molecule has 160 valence electrons. The first-order chi connectivity index (χ1) is 14.5. The van der Waals surface area contributed by atoms with Gasteiger partial charge >= 0.3 is 12.1 Å². The Morgan fingerprint density at radius 1 is 1.00 bits per heavy atom. The Kier molecular flexibility index (Phi) is 7.85. The number of carbonyl (C=O) groups excluding carboxylic acids is 2. The molecule has 0 spiro atoms. The maximum absolute atomic E-state index is 12.9. The number of rotatable bonds is 7. The SMILES string of the molecule is CC(=O)OC1OC(CN(Cc2ccccc2)C(=O)OCc2ccccc2)CCC1C. The fourth-order valence-electron chi connectivity index (χ4n) is 3.48. The lowest BCUT2D eigenvalue weighted by atomic mass is 9.98. The first-order valence-corrected chi connectivity index (χ1v) is 10.3. The van der Waals surface area contributed by atoms with Gasteiger partial charge in [0.2, 0.25) is 6.29 Å². The summed E-state index contributed by atoms with van der Waals surface area (Å²) >= 11 is 0. The van der Waals surface area contributed by atoms with Crippen LogP contribution in [0, 0.1) is 5.92 Å². The highest BCUT2D eigenvalue weighted by Gasteiger charge is 2.32. The summed E-state index contributed by atoms with van der Waals surface area (Å²) < 4.78 is 16.9. The zero-order valence-electron chi connectivity index (χ0n) is 17.5. The molecule has 2 aromatic rings. The minimum Gasteiger partial charge on any atom is -0.445 e. The lowest BCUT2D eigenvalue weighted by Crippen LogP contribution is -2.44. The van der Waals surface area contributed by atoms with Gasteiger partial charge in [0.15, 0.2) is 0 Å². The third-order valence-electron chi connectivity index (χ3n) is 5.12. The van der Waals surface area contributed by atoms with E-state index in [4.69, 9.17) is 14.2 Å². The van der Waals surface area contributed by atoms with Crippen molar-refractivity contribution in [2.75, 3.05) is 6.54 Å². The number of hydrogen-bond acceptors (Lipinski definition) is 5. The van der Waals surface area contributed by atoms with Gasteiger partial charge in [0.25, 0.3) is 0 Å². The Labute approximate surface area is 177 Å². The van der Waals surface area contributed by atoms with Gasteiger partial charge in [-0.05, 0) is 24.0 Å². The number of amides is 1. The molecule has 1 saturated heterocycles. The van der Waals surface area contributed by atoms with Crippen LogP contribution in [-0.4, -0.2) is 35.9 Å². The molecule has 1 aliphatic heterocycles. The Morgan fingerprint density at radius 3 is 2.27 bits per heavy atom. The molecule has 6 nitrogen and oxygen atoms in total. The van der Waals surface area contributed by atoms with E-state index in [-0.39, 0.29) is 24.6 Å². The molecule has 0 aromatic heterocycles. The maximum atomic E-state index is 12.9. The van der Waals surface area contributed by atoms with Gasteiger partial charge in [-0.25, -0.2) is 4.79 Å². The molecule has 1 heterocycles. The van der Waals surface area contributed by atoms with Gasteiger partial charge in [-0.15, -0.1) is 0 Å². The quantitative estimate of drug-likeness (QED) is 0.627. The largest absolute Gasteiger partial charge is 0.445 e. The fraction of sp³-hybridized carbons (Fsp3) is 0.417. The van der Waals surface area contributed by atoms with Gasteiger partial charge < -0.3 is 19.1 Å². The van der Waals surface area contributed by atoms with Crippen LogP contribution in [0.15, 0.2) is 60.7 Å². The first-order valence-electron chi connectivity index (χ1n) is 10.3. The molecule has 6 heteroatoms. The van der Waals surface area contributed by atoms with Crippen molar-refractivity contribution >= 4 is 12.1 Å². The molecule has 3 unspecified atom stereocenters. The number of carbonyl (C=O) groups is 2. The summed E-state index contributed by atoms with van der Waals surface area (Å²) in [7, 11) is 0. The van der Waals surface area contributed by atoms with E-state index in [1.807, 2.05) is 67.6 Å². The summed E-state index contributed by atoms with van der Waals surface area (Å²) in [5.41, 5.74) is 1.94. The Bertz CT molecular complexity index is 811. The van der Waals surface area contributed by atoms with E-state index in [9.17, 15) is 9.59 Å². The summed E-state index contributed by atoms with van der Waals surface area (Å²) in [6, 6.07) is 19.4. The maximum Gasteiger partial charge on any atom is 0.410 e. The van der Waals surface area contributed by atoms with E-state index in [0.29, 0.717) is 13.1 Å².